The number of morpholine rings is 1. The van der Waals surface area contributed by atoms with Crippen LogP contribution < -0.4 is 10.5 Å². The van der Waals surface area contributed by atoms with Crippen molar-refractivity contribution >= 4 is 5.95 Å². The molecule has 3 aromatic rings. The van der Waals surface area contributed by atoms with Gasteiger partial charge in [-0.2, -0.15) is 0 Å². The topological polar surface area (TPSA) is 76.4 Å². The molecule has 2 aromatic heterocycles. The fourth-order valence-electron chi connectivity index (χ4n) is 4.58. The second-order valence-electron chi connectivity index (χ2n) is 8.42. The molecule has 2 aliphatic rings. The van der Waals surface area contributed by atoms with Crippen LogP contribution in [0.1, 0.15) is 30.1 Å². The highest BCUT2D eigenvalue weighted by atomic mass is 16.5. The Morgan fingerprint density at radius 1 is 1.09 bits per heavy atom. The first kappa shape index (κ1) is 20.8. The van der Waals surface area contributed by atoms with Crippen LogP contribution in [-0.2, 0) is 18.3 Å². The molecule has 8 heteroatoms. The van der Waals surface area contributed by atoms with Crippen LogP contribution >= 0.6 is 0 Å². The average molecular weight is 433 g/mol. The van der Waals surface area contributed by atoms with E-state index in [0.29, 0.717) is 37.0 Å². The van der Waals surface area contributed by atoms with Crippen molar-refractivity contribution in [3.05, 3.63) is 70.4 Å². The van der Waals surface area contributed by atoms with Crippen molar-refractivity contribution in [2.75, 3.05) is 37.7 Å². The Kier molecular flexibility index (Phi) is 5.96. The van der Waals surface area contributed by atoms with Crippen LogP contribution in [-0.4, -0.2) is 57.2 Å². The van der Waals surface area contributed by atoms with E-state index in [4.69, 9.17) is 9.72 Å². The summed E-state index contributed by atoms with van der Waals surface area (Å²) < 4.78 is 7.81. The minimum atomic E-state index is -0.110. The number of anilines is 1. The van der Waals surface area contributed by atoms with E-state index in [1.165, 1.54) is 36.4 Å². The van der Waals surface area contributed by atoms with Crippen LogP contribution in [0.5, 0.6) is 0 Å². The van der Waals surface area contributed by atoms with E-state index in [9.17, 15) is 4.79 Å². The van der Waals surface area contributed by atoms with Gasteiger partial charge in [-0.05, 0) is 43.1 Å². The summed E-state index contributed by atoms with van der Waals surface area (Å²) in [5, 5.41) is 0. The lowest BCUT2D eigenvalue weighted by Crippen LogP contribution is -2.42. The van der Waals surface area contributed by atoms with Crippen molar-refractivity contribution in [3.63, 3.8) is 0 Å². The monoisotopic (exact) mass is 432 g/mol. The Labute approximate surface area is 187 Å². The quantitative estimate of drug-likeness (QED) is 0.613. The molecule has 8 nitrogen and oxygen atoms in total. The maximum atomic E-state index is 12.7. The van der Waals surface area contributed by atoms with Crippen LogP contribution in [0, 0.1) is 0 Å². The molecule has 0 bridgehead atoms. The SMILES string of the molecule is Cn1c(N2CCOC(c3ccccc3CN3CCCC3)C2)nc(-c2ccncn2)cc1=O. The van der Waals surface area contributed by atoms with Crippen molar-refractivity contribution in [1.29, 1.82) is 0 Å². The average Bonchev–Trinajstić information content (AvgIpc) is 3.35. The van der Waals surface area contributed by atoms with E-state index in [1.54, 1.807) is 23.9 Å². The van der Waals surface area contributed by atoms with Crippen LogP contribution in [0.3, 0.4) is 0 Å². The van der Waals surface area contributed by atoms with Crippen LogP contribution in [0.15, 0.2) is 53.7 Å². The van der Waals surface area contributed by atoms with Gasteiger partial charge < -0.3 is 9.64 Å². The standard InChI is InChI=1S/C24H28N6O2/c1-28-23(31)14-21(20-8-9-25-17-26-20)27-24(28)30-12-13-32-22(16-30)19-7-3-2-6-18(19)15-29-10-4-5-11-29/h2-3,6-9,14,17,22H,4-5,10-13,15-16H2,1H3. The highest BCUT2D eigenvalue weighted by molar-refractivity contribution is 5.55. The summed E-state index contributed by atoms with van der Waals surface area (Å²) in [6, 6.07) is 11.8. The Morgan fingerprint density at radius 2 is 1.94 bits per heavy atom. The van der Waals surface area contributed by atoms with Crippen molar-refractivity contribution in [2.24, 2.45) is 7.05 Å². The van der Waals surface area contributed by atoms with E-state index >= 15 is 0 Å². The van der Waals surface area contributed by atoms with Gasteiger partial charge in [-0.25, -0.2) is 15.0 Å². The van der Waals surface area contributed by atoms with E-state index in [-0.39, 0.29) is 11.7 Å². The summed E-state index contributed by atoms with van der Waals surface area (Å²) >= 11 is 0. The minimum absolute atomic E-state index is 0.0674. The van der Waals surface area contributed by atoms with E-state index in [0.717, 1.165) is 19.6 Å². The molecular weight excluding hydrogens is 404 g/mol. The van der Waals surface area contributed by atoms with Crippen LogP contribution in [0.2, 0.25) is 0 Å². The molecule has 1 unspecified atom stereocenters. The molecule has 0 saturated carbocycles. The summed E-state index contributed by atoms with van der Waals surface area (Å²) in [6.45, 7) is 5.18. The molecule has 0 radical (unpaired) electrons. The Balaban J connectivity index is 1.43. The molecule has 2 fully saturated rings. The van der Waals surface area contributed by atoms with Gasteiger partial charge in [0.15, 0.2) is 0 Å². The van der Waals surface area contributed by atoms with E-state index in [2.05, 4.69) is 44.0 Å². The van der Waals surface area contributed by atoms with Crippen LogP contribution in [0.4, 0.5) is 5.95 Å². The maximum absolute atomic E-state index is 12.7. The number of aromatic nitrogens is 4. The van der Waals surface area contributed by atoms with E-state index < -0.39 is 0 Å². The third-order valence-corrected chi connectivity index (χ3v) is 6.30. The molecule has 0 aliphatic carbocycles. The number of benzene rings is 1. The summed E-state index contributed by atoms with van der Waals surface area (Å²) in [6.07, 6.45) is 5.61. The molecular formula is C24H28N6O2. The van der Waals surface area contributed by atoms with Crippen molar-refractivity contribution < 1.29 is 4.74 Å². The molecule has 0 N–H and O–H groups in total. The van der Waals surface area contributed by atoms with Gasteiger partial charge in [0.25, 0.3) is 5.56 Å². The predicted octanol–water partition coefficient (Wildman–Crippen LogP) is 2.41. The second-order valence-corrected chi connectivity index (χ2v) is 8.42. The fraction of sp³-hybridized carbons (Fsp3) is 0.417. The zero-order valence-corrected chi connectivity index (χ0v) is 18.4. The highest BCUT2D eigenvalue weighted by Crippen LogP contribution is 2.29. The molecule has 5 rings (SSSR count). The first-order valence-electron chi connectivity index (χ1n) is 11.2. The lowest BCUT2D eigenvalue weighted by Gasteiger charge is -2.35. The zero-order chi connectivity index (χ0) is 21.9. The zero-order valence-electron chi connectivity index (χ0n) is 18.4. The number of nitrogens with zero attached hydrogens (tertiary/aromatic N) is 6. The molecule has 2 saturated heterocycles. The van der Waals surface area contributed by atoms with Gasteiger partial charge in [-0.3, -0.25) is 14.3 Å². The lowest BCUT2D eigenvalue weighted by molar-refractivity contribution is 0.0380. The normalized spacial score (nSPS) is 19.4. The Morgan fingerprint density at radius 3 is 2.75 bits per heavy atom. The summed E-state index contributed by atoms with van der Waals surface area (Å²) in [4.78, 5) is 30.4. The van der Waals surface area contributed by atoms with Gasteiger partial charge in [0.2, 0.25) is 5.95 Å². The minimum Gasteiger partial charge on any atom is -0.370 e. The molecule has 166 valence electrons. The van der Waals surface area contributed by atoms with Gasteiger partial charge in [-0.1, -0.05) is 24.3 Å². The third kappa shape index (κ3) is 4.28. The van der Waals surface area contributed by atoms with Gasteiger partial charge in [0, 0.05) is 32.4 Å². The second kappa shape index (κ2) is 9.18. The maximum Gasteiger partial charge on any atom is 0.255 e. The number of ether oxygens (including phenoxy) is 1. The van der Waals surface area contributed by atoms with Gasteiger partial charge in [0.1, 0.15) is 12.4 Å². The molecule has 32 heavy (non-hydrogen) atoms. The lowest BCUT2D eigenvalue weighted by atomic mass is 10.0. The Bertz CT molecular complexity index is 1130. The molecule has 0 spiro atoms. The molecule has 4 heterocycles. The summed E-state index contributed by atoms with van der Waals surface area (Å²) in [5.74, 6) is 0.636. The summed E-state index contributed by atoms with van der Waals surface area (Å²) in [5.41, 5.74) is 3.63. The van der Waals surface area contributed by atoms with Crippen molar-refractivity contribution in [1.82, 2.24) is 24.4 Å². The van der Waals surface area contributed by atoms with Gasteiger partial charge in [0.05, 0.1) is 24.5 Å². The fourth-order valence-corrected chi connectivity index (χ4v) is 4.58. The first-order chi connectivity index (χ1) is 15.7. The number of hydrogen-bond donors (Lipinski definition) is 0. The molecule has 1 aromatic carbocycles. The van der Waals surface area contributed by atoms with E-state index in [1.807, 2.05) is 0 Å². The first-order valence-corrected chi connectivity index (χ1v) is 11.2. The number of likely N-dealkylation sites (tertiary alicyclic amines) is 1. The smallest absolute Gasteiger partial charge is 0.255 e. The molecule has 0 amide bonds. The van der Waals surface area contributed by atoms with Gasteiger partial charge >= 0.3 is 0 Å². The largest absolute Gasteiger partial charge is 0.370 e. The van der Waals surface area contributed by atoms with Crippen molar-refractivity contribution in [2.45, 2.75) is 25.5 Å². The summed E-state index contributed by atoms with van der Waals surface area (Å²) in [7, 11) is 1.76. The predicted molar refractivity (Wildman–Crippen MR) is 122 cm³/mol. The number of hydrogen-bond acceptors (Lipinski definition) is 7. The molecule has 1 atom stereocenters. The van der Waals surface area contributed by atoms with Gasteiger partial charge in [-0.15, -0.1) is 0 Å². The highest BCUT2D eigenvalue weighted by Gasteiger charge is 2.27. The molecule has 2 aliphatic heterocycles. The third-order valence-electron chi connectivity index (χ3n) is 6.30. The van der Waals surface area contributed by atoms with Crippen LogP contribution in [0.25, 0.3) is 11.4 Å². The van der Waals surface area contributed by atoms with Crippen molar-refractivity contribution in [3.8, 4) is 11.4 Å². The Hall–Kier alpha value is -3.10. The number of rotatable bonds is 5.